The summed E-state index contributed by atoms with van der Waals surface area (Å²) in [4.78, 5) is 41.0. The Morgan fingerprint density at radius 2 is 1.46 bits per heavy atom. The van der Waals surface area contributed by atoms with E-state index in [1.807, 2.05) is 0 Å². The highest BCUT2D eigenvalue weighted by atomic mass is 16.7. The van der Waals surface area contributed by atoms with Crippen LogP contribution in [0.2, 0.25) is 0 Å². The Bertz CT molecular complexity index is 2160. The van der Waals surface area contributed by atoms with Crippen molar-refractivity contribution in [3.05, 3.63) is 58.9 Å². The number of rotatable bonds is 5. The van der Waals surface area contributed by atoms with Crippen molar-refractivity contribution in [2.24, 2.45) is 28.8 Å². The number of aliphatic hydroxyl groups is 2. The molecule has 0 aromatic heterocycles. The molecule has 6 N–H and O–H groups in total. The third-order valence-corrected chi connectivity index (χ3v) is 14.1. The van der Waals surface area contributed by atoms with Crippen molar-refractivity contribution in [2.45, 2.75) is 182 Å². The molecule has 9 unspecified atom stereocenters. The number of allylic oxidation sites excluding steroid dienone is 2. The Hall–Kier alpha value is -4.92. The quantitative estimate of drug-likeness (QED) is 0.0942. The van der Waals surface area contributed by atoms with Crippen molar-refractivity contribution in [1.29, 1.82) is 0 Å². The maximum Gasteiger partial charge on any atom is 0.312 e. The molecule has 4 aliphatic rings. The molecule has 1 saturated carbocycles. The Balaban J connectivity index is 1.60. The highest BCUT2D eigenvalue weighted by Crippen LogP contribution is 2.52. The van der Waals surface area contributed by atoms with Crippen molar-refractivity contribution in [1.82, 2.24) is 5.43 Å². The van der Waals surface area contributed by atoms with Gasteiger partial charge in [-0.3, -0.25) is 14.4 Å². The zero-order valence-electron chi connectivity index (χ0n) is 41.3. The number of carbonyl (C=O) groups is 3. The van der Waals surface area contributed by atoms with Crippen LogP contribution in [0.25, 0.3) is 10.8 Å². The molecule has 6 rings (SSSR count). The van der Waals surface area contributed by atoms with Crippen LogP contribution in [-0.4, -0.2) is 81.1 Å². The van der Waals surface area contributed by atoms with Crippen LogP contribution >= 0.6 is 0 Å². The van der Waals surface area contributed by atoms with Crippen LogP contribution in [0.1, 0.15) is 160 Å². The van der Waals surface area contributed by atoms with Gasteiger partial charge < -0.3 is 50.1 Å². The molecule has 1 aliphatic carbocycles. The molecule has 67 heavy (non-hydrogen) atoms. The lowest BCUT2D eigenvalue weighted by atomic mass is 9.78. The molecule has 9 atom stereocenters. The van der Waals surface area contributed by atoms with Gasteiger partial charge in [0.05, 0.1) is 47.8 Å². The number of benzene rings is 2. The second-order valence-electron chi connectivity index (χ2n) is 19.3. The summed E-state index contributed by atoms with van der Waals surface area (Å²) in [6, 6.07) is 1.66. The van der Waals surface area contributed by atoms with Gasteiger partial charge in [0.1, 0.15) is 17.6 Å². The number of phenolic OH excluding ortho intramolecular Hbond substituents is 2. The average molecular weight is 932 g/mol. The van der Waals surface area contributed by atoms with Gasteiger partial charge >= 0.3 is 11.8 Å². The van der Waals surface area contributed by atoms with Gasteiger partial charge in [-0.1, -0.05) is 110 Å². The van der Waals surface area contributed by atoms with E-state index in [2.05, 4.69) is 10.7 Å². The lowest BCUT2D eigenvalue weighted by Crippen LogP contribution is -2.46. The van der Waals surface area contributed by atoms with Gasteiger partial charge in [0, 0.05) is 72.4 Å². The number of nitrogens with zero attached hydrogens (tertiary/aromatic N) is 1. The molecular formula is C53H77N3O11. The maximum atomic E-state index is 14.6. The smallest absolute Gasteiger partial charge is 0.312 e. The SMILES string of the molecule is COC1/C=C/OC2(C)Oc3c(C)c(O)c4c(O)c(c(CNN=C5CCCCCCCCCCCCCC5)cc4c3C2=O)NC(=O)/C(C)=C\C=C\C(C)C(O)C(C)C(O)C(C)C(OC(C)=O)C1C. The molecule has 0 saturated heterocycles. The number of hydrogen-bond donors (Lipinski definition) is 6. The van der Waals surface area contributed by atoms with Crippen LogP contribution in [0, 0.1) is 30.6 Å². The number of hydrazone groups is 1. The number of carbonyl (C=O) groups excluding carboxylic acids is 3. The summed E-state index contributed by atoms with van der Waals surface area (Å²) >= 11 is 0. The lowest BCUT2D eigenvalue weighted by Gasteiger charge is -2.38. The molecule has 0 spiro atoms. The third kappa shape index (κ3) is 13.0. The second kappa shape index (κ2) is 24.4. The number of nitrogens with one attached hydrogen (secondary N) is 2. The minimum Gasteiger partial charge on any atom is -0.507 e. The van der Waals surface area contributed by atoms with Crippen LogP contribution in [0.15, 0.2) is 47.3 Å². The predicted octanol–water partition coefficient (Wildman–Crippen LogP) is 9.97. The number of ether oxygens (including phenoxy) is 4. The number of Topliss-reactive ketones (excluding diaryl/α,β-unsaturated/α-hetero) is 1. The average Bonchev–Trinajstić information content (AvgIpc) is 3.56. The van der Waals surface area contributed by atoms with Crippen LogP contribution < -0.4 is 15.5 Å². The van der Waals surface area contributed by atoms with E-state index in [4.69, 9.17) is 24.0 Å². The Morgan fingerprint density at radius 1 is 0.866 bits per heavy atom. The number of aliphatic hydroxyl groups excluding tert-OH is 2. The monoisotopic (exact) mass is 932 g/mol. The number of methoxy groups -OCH3 is 1. The lowest BCUT2D eigenvalue weighted by molar-refractivity contribution is -0.160. The summed E-state index contributed by atoms with van der Waals surface area (Å²) < 4.78 is 24.0. The van der Waals surface area contributed by atoms with Gasteiger partial charge in [-0.15, -0.1) is 0 Å². The topological polar surface area (TPSA) is 205 Å². The molecule has 14 nitrogen and oxygen atoms in total. The van der Waals surface area contributed by atoms with E-state index >= 15 is 0 Å². The third-order valence-electron chi connectivity index (χ3n) is 14.1. The summed E-state index contributed by atoms with van der Waals surface area (Å²) in [5, 5.41) is 54.8. The highest BCUT2D eigenvalue weighted by Gasteiger charge is 2.49. The van der Waals surface area contributed by atoms with E-state index in [1.54, 1.807) is 71.9 Å². The molecule has 14 heteroatoms. The minimum atomic E-state index is -1.92. The molecule has 5 bridgehead atoms. The van der Waals surface area contributed by atoms with Gasteiger partial charge in [0.25, 0.3) is 11.7 Å². The first kappa shape index (κ1) is 53.0. The zero-order chi connectivity index (χ0) is 49.0. The first-order valence-corrected chi connectivity index (χ1v) is 24.5. The van der Waals surface area contributed by atoms with Crippen molar-refractivity contribution in [3.63, 3.8) is 0 Å². The van der Waals surface area contributed by atoms with E-state index < -0.39 is 77.3 Å². The van der Waals surface area contributed by atoms with Gasteiger partial charge in [-0.25, -0.2) is 0 Å². The molecule has 2 aromatic carbocycles. The normalized spacial score (nSPS) is 30.7. The zero-order valence-corrected chi connectivity index (χ0v) is 41.3. The molecule has 3 aliphatic heterocycles. The summed E-state index contributed by atoms with van der Waals surface area (Å²) in [7, 11) is 1.48. The van der Waals surface area contributed by atoms with Crippen molar-refractivity contribution < 1.29 is 53.8 Å². The highest BCUT2D eigenvalue weighted by molar-refractivity contribution is 6.20. The fourth-order valence-electron chi connectivity index (χ4n) is 9.76. The first-order valence-electron chi connectivity index (χ1n) is 24.5. The predicted molar refractivity (Wildman–Crippen MR) is 261 cm³/mol. The van der Waals surface area contributed by atoms with Gasteiger partial charge in [-0.05, 0) is 51.7 Å². The molecule has 2 aromatic rings. The number of esters is 1. The molecule has 1 fully saturated rings. The van der Waals surface area contributed by atoms with Crippen molar-refractivity contribution in [2.75, 3.05) is 12.4 Å². The molecule has 370 valence electrons. The number of fused-ring (bicyclic) bond motifs is 14. The van der Waals surface area contributed by atoms with Crippen molar-refractivity contribution >= 4 is 39.8 Å². The van der Waals surface area contributed by atoms with E-state index in [0.717, 1.165) is 44.2 Å². The largest absolute Gasteiger partial charge is 0.507 e. The van der Waals surface area contributed by atoms with Crippen LogP contribution in [0.4, 0.5) is 5.69 Å². The summed E-state index contributed by atoms with van der Waals surface area (Å²) in [6.07, 6.45) is 20.3. The summed E-state index contributed by atoms with van der Waals surface area (Å²) in [5.41, 5.74) is 5.26. The molecule has 1 amide bonds. The fourth-order valence-corrected chi connectivity index (χ4v) is 9.76. The maximum absolute atomic E-state index is 14.6. The number of aromatic hydroxyl groups is 2. The number of anilines is 1. The van der Waals surface area contributed by atoms with Crippen LogP contribution in [0.3, 0.4) is 0 Å². The molecular weight excluding hydrogens is 855 g/mol. The minimum absolute atomic E-state index is 0.0360. The Labute approximate surface area is 397 Å². The number of ketones is 1. The van der Waals surface area contributed by atoms with E-state index in [9.17, 15) is 34.8 Å². The van der Waals surface area contributed by atoms with E-state index in [-0.39, 0.29) is 51.2 Å². The Morgan fingerprint density at radius 3 is 2.04 bits per heavy atom. The van der Waals surface area contributed by atoms with Crippen LogP contribution in [0.5, 0.6) is 17.2 Å². The number of phenols is 2. The number of hydrogen-bond acceptors (Lipinski definition) is 13. The standard InChI is InChI=1S/C53H77N3O11/c1-31-23-22-24-32(2)52(63)55-44-38(30-54-56-39-25-20-18-16-14-12-10-11-13-15-17-19-21-26-39)29-40-42(48(44)61)47(60)36(6)50-43(40)51(62)53(8,67-50)65-28-27-41(64-9)33(3)49(66-37(7)57)35(5)46(59)34(4)45(31)58/h22-24,27-29,31,33-35,41,45-46,49,54,58-61H,10-21,25-26,30H2,1-9H3,(H,55,63)/b23-22+,28-27+,32-24-. The molecule has 0 radical (unpaired) electrons. The van der Waals surface area contributed by atoms with Crippen LogP contribution in [-0.2, 0) is 30.3 Å². The number of amides is 1. The summed E-state index contributed by atoms with van der Waals surface area (Å²) in [6.45, 7) is 13.0. The fraction of sp³-hybridized carbons (Fsp3) is 0.623. The van der Waals surface area contributed by atoms with Crippen molar-refractivity contribution in [3.8, 4) is 17.2 Å². The summed E-state index contributed by atoms with van der Waals surface area (Å²) in [5.74, 6) is -6.66. The van der Waals surface area contributed by atoms with E-state index in [1.165, 1.54) is 78.6 Å². The molecule has 3 heterocycles. The van der Waals surface area contributed by atoms with Gasteiger partial charge in [-0.2, -0.15) is 5.10 Å². The second-order valence-corrected chi connectivity index (χ2v) is 19.3. The first-order chi connectivity index (χ1) is 31.9. The van der Waals surface area contributed by atoms with E-state index in [0.29, 0.717) is 5.56 Å². The van der Waals surface area contributed by atoms with Gasteiger partial charge in [0.2, 0.25) is 0 Å². The Kier molecular flexibility index (Phi) is 19.3. The van der Waals surface area contributed by atoms with Gasteiger partial charge in [0.15, 0.2) is 5.75 Å².